The van der Waals surface area contributed by atoms with E-state index in [1.54, 1.807) is 0 Å². The van der Waals surface area contributed by atoms with Crippen molar-refractivity contribution in [2.75, 3.05) is 32.1 Å². The van der Waals surface area contributed by atoms with Crippen LogP contribution >= 0.6 is 0 Å². The van der Waals surface area contributed by atoms with Crippen molar-refractivity contribution in [3.63, 3.8) is 0 Å². The van der Waals surface area contributed by atoms with Gasteiger partial charge in [0, 0.05) is 20.6 Å². The van der Waals surface area contributed by atoms with Crippen molar-refractivity contribution in [3.8, 4) is 0 Å². The zero-order chi connectivity index (χ0) is 15.3. The van der Waals surface area contributed by atoms with E-state index in [1.807, 2.05) is 0 Å². The third-order valence-corrected chi connectivity index (χ3v) is 4.66. The highest BCUT2D eigenvalue weighted by Crippen LogP contribution is 2.18. The molecule has 1 aromatic carbocycles. The average molecular weight is 304 g/mol. The van der Waals surface area contributed by atoms with E-state index in [4.69, 9.17) is 0 Å². The minimum atomic E-state index is -3.77. The first-order valence-electron chi connectivity index (χ1n) is 5.81. The summed E-state index contributed by atoms with van der Waals surface area (Å²) >= 11 is 0. The minimum Gasteiger partial charge on any atom is -0.469 e. The highest BCUT2D eigenvalue weighted by Gasteiger charge is 2.24. The number of esters is 1. The number of rotatable bonds is 6. The van der Waals surface area contributed by atoms with Crippen LogP contribution in [0.4, 0.5) is 10.1 Å². The normalized spacial score (nSPS) is 11.4. The number of carbonyl (C=O) groups is 1. The monoisotopic (exact) mass is 304 g/mol. The molecule has 0 aliphatic carbocycles. The number of benzene rings is 1. The molecule has 0 bridgehead atoms. The molecule has 0 saturated carbocycles. The van der Waals surface area contributed by atoms with Crippen LogP contribution in [0.25, 0.3) is 0 Å². The summed E-state index contributed by atoms with van der Waals surface area (Å²) in [7, 11) is 0.183. The summed E-state index contributed by atoms with van der Waals surface area (Å²) in [5.74, 6) is -0.935. The third kappa shape index (κ3) is 3.91. The van der Waals surface area contributed by atoms with Gasteiger partial charge in [0.05, 0.1) is 19.2 Å². The molecule has 0 heterocycles. The molecule has 0 aromatic heterocycles. The van der Waals surface area contributed by atoms with Crippen molar-refractivity contribution in [2.24, 2.45) is 0 Å². The average Bonchev–Trinajstić information content (AvgIpc) is 2.44. The summed E-state index contributed by atoms with van der Waals surface area (Å²) in [4.78, 5) is 11.0. The van der Waals surface area contributed by atoms with Gasteiger partial charge >= 0.3 is 16.2 Å². The van der Waals surface area contributed by atoms with Crippen molar-refractivity contribution in [1.29, 1.82) is 0 Å². The molecular formula is C12H17FN2O4S. The lowest BCUT2D eigenvalue weighted by atomic mass is 10.3. The van der Waals surface area contributed by atoms with E-state index in [0.717, 1.165) is 8.61 Å². The molecule has 0 aliphatic rings. The summed E-state index contributed by atoms with van der Waals surface area (Å²) in [6.07, 6.45) is -0.0382. The molecule has 8 heteroatoms. The van der Waals surface area contributed by atoms with Crippen molar-refractivity contribution in [3.05, 3.63) is 30.1 Å². The van der Waals surface area contributed by atoms with E-state index in [-0.39, 0.29) is 13.0 Å². The molecule has 112 valence electrons. The van der Waals surface area contributed by atoms with E-state index in [1.165, 1.54) is 45.5 Å². The van der Waals surface area contributed by atoms with E-state index in [9.17, 15) is 17.6 Å². The number of anilines is 1. The van der Waals surface area contributed by atoms with Crippen molar-refractivity contribution >= 4 is 21.9 Å². The van der Waals surface area contributed by atoms with Crippen molar-refractivity contribution in [1.82, 2.24) is 4.31 Å². The van der Waals surface area contributed by atoms with Gasteiger partial charge in [-0.15, -0.1) is 0 Å². The maximum Gasteiger partial charge on any atom is 0.306 e. The second-order valence-electron chi connectivity index (χ2n) is 4.10. The fourth-order valence-electron chi connectivity index (χ4n) is 1.46. The van der Waals surface area contributed by atoms with Gasteiger partial charge in [-0.3, -0.25) is 9.10 Å². The topological polar surface area (TPSA) is 66.9 Å². The summed E-state index contributed by atoms with van der Waals surface area (Å²) < 4.78 is 43.8. The van der Waals surface area contributed by atoms with Crippen LogP contribution in [0.3, 0.4) is 0 Å². The van der Waals surface area contributed by atoms with Gasteiger partial charge in [0.15, 0.2) is 0 Å². The smallest absolute Gasteiger partial charge is 0.306 e. The van der Waals surface area contributed by atoms with Crippen molar-refractivity contribution in [2.45, 2.75) is 6.42 Å². The molecular weight excluding hydrogens is 287 g/mol. The van der Waals surface area contributed by atoms with Crippen LogP contribution in [0.1, 0.15) is 6.42 Å². The van der Waals surface area contributed by atoms with Gasteiger partial charge in [0.25, 0.3) is 0 Å². The molecule has 1 aromatic rings. The van der Waals surface area contributed by atoms with Gasteiger partial charge in [0.1, 0.15) is 5.82 Å². The molecule has 0 amide bonds. The zero-order valence-corrected chi connectivity index (χ0v) is 12.4. The van der Waals surface area contributed by atoms with Gasteiger partial charge in [0.2, 0.25) is 0 Å². The Labute approximate surface area is 117 Å². The predicted octanol–water partition coefficient (Wildman–Crippen LogP) is 1.00. The van der Waals surface area contributed by atoms with E-state index in [0.29, 0.717) is 5.69 Å². The lowest BCUT2D eigenvalue weighted by Gasteiger charge is -2.25. The summed E-state index contributed by atoms with van der Waals surface area (Å²) in [6.45, 7) is 0.000537. The lowest BCUT2D eigenvalue weighted by Crippen LogP contribution is -2.40. The number of nitrogens with zero attached hydrogens (tertiary/aromatic N) is 2. The Morgan fingerprint density at radius 1 is 1.25 bits per heavy atom. The zero-order valence-electron chi connectivity index (χ0n) is 11.5. The largest absolute Gasteiger partial charge is 0.469 e. The first kappa shape index (κ1) is 16.4. The fraction of sp³-hybridized carbons (Fsp3) is 0.417. The van der Waals surface area contributed by atoms with E-state index >= 15 is 0 Å². The number of methoxy groups -OCH3 is 1. The van der Waals surface area contributed by atoms with Gasteiger partial charge in [-0.1, -0.05) is 0 Å². The molecule has 0 saturated heterocycles. The number of hydrogen-bond acceptors (Lipinski definition) is 4. The Kier molecular flexibility index (Phi) is 5.46. The SMILES string of the molecule is COC(=O)CCN(C)S(=O)(=O)N(C)c1ccc(F)cc1. The van der Waals surface area contributed by atoms with Gasteiger partial charge in [-0.2, -0.15) is 12.7 Å². The molecule has 0 spiro atoms. The number of halogens is 1. The minimum absolute atomic E-state index is 0.000537. The Hall–Kier alpha value is -1.67. The van der Waals surface area contributed by atoms with Gasteiger partial charge < -0.3 is 4.74 Å². The number of hydrogen-bond donors (Lipinski definition) is 0. The van der Waals surface area contributed by atoms with Crippen LogP contribution in [0, 0.1) is 5.82 Å². The van der Waals surface area contributed by atoms with Gasteiger partial charge in [-0.25, -0.2) is 4.39 Å². The molecule has 0 radical (unpaired) electrons. The molecule has 0 aliphatic heterocycles. The maximum atomic E-state index is 12.8. The predicted molar refractivity (Wildman–Crippen MR) is 73.0 cm³/mol. The maximum absolute atomic E-state index is 12.8. The van der Waals surface area contributed by atoms with Crippen LogP contribution in [0.2, 0.25) is 0 Å². The number of ether oxygens (including phenoxy) is 1. The molecule has 6 nitrogen and oxygen atoms in total. The molecule has 20 heavy (non-hydrogen) atoms. The molecule has 0 N–H and O–H groups in total. The highest BCUT2D eigenvalue weighted by atomic mass is 32.2. The van der Waals surface area contributed by atoms with Crippen LogP contribution < -0.4 is 4.31 Å². The quantitative estimate of drug-likeness (QED) is 0.735. The van der Waals surface area contributed by atoms with Crippen LogP contribution in [-0.2, 0) is 19.7 Å². The molecule has 0 unspecified atom stereocenters. The fourth-order valence-corrected chi connectivity index (χ4v) is 2.59. The van der Waals surface area contributed by atoms with Crippen LogP contribution in [0.5, 0.6) is 0 Å². The Morgan fingerprint density at radius 3 is 2.30 bits per heavy atom. The van der Waals surface area contributed by atoms with Crippen LogP contribution in [0.15, 0.2) is 24.3 Å². The molecule has 0 fully saturated rings. The van der Waals surface area contributed by atoms with E-state index in [2.05, 4.69) is 4.74 Å². The Balaban J connectivity index is 2.81. The van der Waals surface area contributed by atoms with E-state index < -0.39 is 22.0 Å². The summed E-state index contributed by atoms with van der Waals surface area (Å²) in [5.41, 5.74) is 0.330. The molecule has 1 rings (SSSR count). The first-order valence-corrected chi connectivity index (χ1v) is 7.21. The summed E-state index contributed by atoms with van der Waals surface area (Å²) in [6, 6.07) is 5.08. The second-order valence-corrected chi connectivity index (χ2v) is 6.17. The summed E-state index contributed by atoms with van der Waals surface area (Å²) in [5, 5.41) is 0. The second kappa shape index (κ2) is 6.67. The highest BCUT2D eigenvalue weighted by molar-refractivity contribution is 7.90. The van der Waals surface area contributed by atoms with Crippen molar-refractivity contribution < 1.29 is 22.3 Å². The molecule has 0 atom stereocenters. The van der Waals surface area contributed by atoms with Gasteiger partial charge in [-0.05, 0) is 24.3 Å². The third-order valence-electron chi connectivity index (χ3n) is 2.79. The number of carbonyl (C=O) groups excluding carboxylic acids is 1. The lowest BCUT2D eigenvalue weighted by molar-refractivity contribution is -0.140. The Morgan fingerprint density at radius 2 is 1.80 bits per heavy atom. The standard InChI is InChI=1S/C12H17FN2O4S/c1-14(9-8-12(16)19-3)20(17,18)15(2)11-6-4-10(13)5-7-11/h4-7H,8-9H2,1-3H3. The first-order chi connectivity index (χ1) is 9.28. The van der Waals surface area contributed by atoms with Crippen LogP contribution in [-0.4, -0.2) is 46.4 Å². The Bertz CT molecular complexity index is 559.